The third kappa shape index (κ3) is 4.09. The molecule has 9 heteroatoms. The Morgan fingerprint density at radius 1 is 1.46 bits per heavy atom. The Kier molecular flexibility index (Phi) is 5.10. The normalized spacial score (nSPS) is 18.5. The lowest BCUT2D eigenvalue weighted by atomic mass is 9.96. The molecule has 8 nitrogen and oxygen atoms in total. The molecular formula is C15H22N6O2S. The standard InChI is InChI=1S/C15H22N6O2S/c1-24(22,23)13-11-18-15(17-7-9-21-8-3-6-19-21)20-14(13)12-4-2-5-16-10-12/h3,6,8,11-12,16H,2,4-5,7,9-10H2,1H3,(H,17,18,20)/t12-/m0/s1. The van der Waals surface area contributed by atoms with Crippen LogP contribution in [-0.2, 0) is 16.4 Å². The van der Waals surface area contributed by atoms with Crippen LogP contribution in [-0.4, -0.2) is 54.1 Å². The van der Waals surface area contributed by atoms with E-state index in [2.05, 4.69) is 25.7 Å². The van der Waals surface area contributed by atoms with Crippen LogP contribution in [0.25, 0.3) is 0 Å². The van der Waals surface area contributed by atoms with E-state index in [1.54, 1.807) is 6.20 Å². The molecule has 0 aliphatic carbocycles. The van der Waals surface area contributed by atoms with E-state index in [9.17, 15) is 8.42 Å². The highest BCUT2D eigenvalue weighted by molar-refractivity contribution is 7.90. The van der Waals surface area contributed by atoms with Crippen LogP contribution in [0.3, 0.4) is 0 Å². The first-order valence-electron chi connectivity index (χ1n) is 8.03. The average Bonchev–Trinajstić information content (AvgIpc) is 3.08. The lowest BCUT2D eigenvalue weighted by molar-refractivity contribution is 0.448. The lowest BCUT2D eigenvalue weighted by Crippen LogP contribution is -2.30. The molecule has 0 spiro atoms. The van der Waals surface area contributed by atoms with E-state index in [0.717, 1.165) is 25.9 Å². The van der Waals surface area contributed by atoms with Gasteiger partial charge >= 0.3 is 0 Å². The Labute approximate surface area is 141 Å². The molecule has 0 bridgehead atoms. The summed E-state index contributed by atoms with van der Waals surface area (Å²) >= 11 is 0. The molecule has 0 amide bonds. The van der Waals surface area contributed by atoms with Gasteiger partial charge in [0, 0.05) is 37.7 Å². The predicted octanol–water partition coefficient (Wildman–Crippen LogP) is 0.656. The molecular weight excluding hydrogens is 328 g/mol. The van der Waals surface area contributed by atoms with Crippen LogP contribution in [0.5, 0.6) is 0 Å². The van der Waals surface area contributed by atoms with Crippen molar-refractivity contribution < 1.29 is 8.42 Å². The zero-order chi connectivity index (χ0) is 17.0. The third-order valence-corrected chi connectivity index (χ3v) is 5.16. The van der Waals surface area contributed by atoms with Gasteiger partial charge in [0.2, 0.25) is 5.95 Å². The van der Waals surface area contributed by atoms with Gasteiger partial charge < -0.3 is 10.6 Å². The molecule has 1 atom stereocenters. The number of aromatic nitrogens is 4. The molecule has 1 fully saturated rings. The molecule has 0 aromatic carbocycles. The maximum absolute atomic E-state index is 12.0. The highest BCUT2D eigenvalue weighted by atomic mass is 32.2. The molecule has 1 saturated heterocycles. The number of nitrogens with one attached hydrogen (secondary N) is 2. The third-order valence-electron chi connectivity index (χ3n) is 4.05. The quantitative estimate of drug-likeness (QED) is 0.789. The molecule has 0 saturated carbocycles. The van der Waals surface area contributed by atoms with Crippen molar-refractivity contribution in [1.82, 2.24) is 25.1 Å². The Hall–Kier alpha value is -2.00. The van der Waals surface area contributed by atoms with Crippen molar-refractivity contribution in [3.8, 4) is 0 Å². The van der Waals surface area contributed by atoms with Crippen LogP contribution in [0.15, 0.2) is 29.6 Å². The molecule has 3 heterocycles. The number of hydrogen-bond donors (Lipinski definition) is 2. The van der Waals surface area contributed by atoms with Crippen LogP contribution in [0, 0.1) is 0 Å². The van der Waals surface area contributed by atoms with E-state index in [1.807, 2.05) is 16.9 Å². The van der Waals surface area contributed by atoms with Crippen molar-refractivity contribution in [2.24, 2.45) is 0 Å². The number of anilines is 1. The summed E-state index contributed by atoms with van der Waals surface area (Å²) in [5.41, 5.74) is 0.612. The SMILES string of the molecule is CS(=O)(=O)c1cnc(NCCn2cccn2)nc1[C@H]1CCCNC1. The number of sulfone groups is 1. The average molecular weight is 350 g/mol. The molecule has 3 rings (SSSR count). The zero-order valence-electron chi connectivity index (χ0n) is 13.6. The molecule has 1 aliphatic heterocycles. The second-order valence-corrected chi connectivity index (χ2v) is 7.94. The molecule has 2 aromatic rings. The second-order valence-electron chi connectivity index (χ2n) is 5.95. The molecule has 2 aromatic heterocycles. The van der Waals surface area contributed by atoms with Gasteiger partial charge in [0.15, 0.2) is 9.84 Å². The van der Waals surface area contributed by atoms with Crippen molar-refractivity contribution in [2.45, 2.75) is 30.2 Å². The maximum Gasteiger partial charge on any atom is 0.223 e. The Morgan fingerprint density at radius 2 is 2.33 bits per heavy atom. The second kappa shape index (κ2) is 7.27. The minimum absolute atomic E-state index is 0.0955. The van der Waals surface area contributed by atoms with E-state index in [-0.39, 0.29) is 10.8 Å². The molecule has 24 heavy (non-hydrogen) atoms. The van der Waals surface area contributed by atoms with Gasteiger partial charge in [-0.1, -0.05) is 0 Å². The monoisotopic (exact) mass is 350 g/mol. The minimum Gasteiger partial charge on any atom is -0.352 e. The van der Waals surface area contributed by atoms with Crippen LogP contribution in [0.1, 0.15) is 24.5 Å². The molecule has 2 N–H and O–H groups in total. The number of rotatable bonds is 6. The van der Waals surface area contributed by atoms with Crippen molar-refractivity contribution >= 4 is 15.8 Å². The molecule has 1 aliphatic rings. The first-order valence-corrected chi connectivity index (χ1v) is 9.92. The fourth-order valence-corrected chi connectivity index (χ4v) is 3.68. The van der Waals surface area contributed by atoms with Gasteiger partial charge in [0.1, 0.15) is 4.90 Å². The van der Waals surface area contributed by atoms with Crippen molar-refractivity contribution in [3.63, 3.8) is 0 Å². The summed E-state index contributed by atoms with van der Waals surface area (Å²) in [6.45, 7) is 3.00. The zero-order valence-corrected chi connectivity index (χ0v) is 14.5. The number of piperidine rings is 1. The van der Waals surface area contributed by atoms with Gasteiger partial charge in [-0.3, -0.25) is 4.68 Å². The maximum atomic E-state index is 12.0. The topological polar surface area (TPSA) is 102 Å². The van der Waals surface area contributed by atoms with E-state index < -0.39 is 9.84 Å². The van der Waals surface area contributed by atoms with Crippen LogP contribution in [0.4, 0.5) is 5.95 Å². The Morgan fingerprint density at radius 3 is 3.00 bits per heavy atom. The lowest BCUT2D eigenvalue weighted by Gasteiger charge is -2.24. The van der Waals surface area contributed by atoms with E-state index >= 15 is 0 Å². The predicted molar refractivity (Wildman–Crippen MR) is 90.7 cm³/mol. The van der Waals surface area contributed by atoms with E-state index in [0.29, 0.717) is 24.7 Å². The van der Waals surface area contributed by atoms with Gasteiger partial charge in [-0.05, 0) is 25.5 Å². The number of hydrogen-bond acceptors (Lipinski definition) is 7. The summed E-state index contributed by atoms with van der Waals surface area (Å²) in [4.78, 5) is 8.91. The largest absolute Gasteiger partial charge is 0.352 e. The first kappa shape index (κ1) is 16.8. The van der Waals surface area contributed by atoms with Crippen LogP contribution in [0.2, 0.25) is 0 Å². The Bertz CT molecular complexity index is 769. The highest BCUT2D eigenvalue weighted by Gasteiger charge is 2.25. The summed E-state index contributed by atoms with van der Waals surface area (Å²) in [7, 11) is -3.35. The highest BCUT2D eigenvalue weighted by Crippen LogP contribution is 2.27. The van der Waals surface area contributed by atoms with Gasteiger partial charge in [0.25, 0.3) is 0 Å². The summed E-state index contributed by atoms with van der Waals surface area (Å²) in [5.74, 6) is 0.549. The summed E-state index contributed by atoms with van der Waals surface area (Å²) in [6, 6.07) is 1.87. The van der Waals surface area contributed by atoms with Crippen molar-refractivity contribution in [3.05, 3.63) is 30.4 Å². The Balaban J connectivity index is 1.78. The molecule has 0 unspecified atom stereocenters. The van der Waals surface area contributed by atoms with Crippen molar-refractivity contribution in [1.29, 1.82) is 0 Å². The van der Waals surface area contributed by atoms with Crippen molar-refractivity contribution in [2.75, 3.05) is 31.2 Å². The number of nitrogens with zero attached hydrogens (tertiary/aromatic N) is 4. The van der Waals surface area contributed by atoms with E-state index in [4.69, 9.17) is 0 Å². The molecule has 130 valence electrons. The molecule has 0 radical (unpaired) electrons. The fourth-order valence-electron chi connectivity index (χ4n) is 2.85. The summed E-state index contributed by atoms with van der Waals surface area (Å²) in [6.07, 6.45) is 8.18. The van der Waals surface area contributed by atoms with E-state index in [1.165, 1.54) is 12.5 Å². The van der Waals surface area contributed by atoms with Gasteiger partial charge in [0.05, 0.1) is 18.4 Å². The van der Waals surface area contributed by atoms with Gasteiger partial charge in [-0.2, -0.15) is 5.10 Å². The van der Waals surface area contributed by atoms with Crippen LogP contribution >= 0.6 is 0 Å². The van der Waals surface area contributed by atoms with Gasteiger partial charge in [-0.15, -0.1) is 0 Å². The smallest absolute Gasteiger partial charge is 0.223 e. The fraction of sp³-hybridized carbons (Fsp3) is 0.533. The van der Waals surface area contributed by atoms with Crippen LogP contribution < -0.4 is 10.6 Å². The minimum atomic E-state index is -3.35. The first-order chi connectivity index (χ1) is 11.5. The summed E-state index contributed by atoms with van der Waals surface area (Å²) in [5, 5.41) is 10.6. The summed E-state index contributed by atoms with van der Waals surface area (Å²) < 4.78 is 25.9. The van der Waals surface area contributed by atoms with Gasteiger partial charge in [-0.25, -0.2) is 18.4 Å².